The van der Waals surface area contributed by atoms with Gasteiger partial charge in [-0.2, -0.15) is 11.8 Å². The van der Waals surface area contributed by atoms with Gasteiger partial charge in [0.15, 0.2) is 0 Å². The lowest BCUT2D eigenvalue weighted by Gasteiger charge is -2.10. The molecule has 6 heteroatoms. The maximum absolute atomic E-state index is 11.8. The average molecular weight is 288 g/mol. The summed E-state index contributed by atoms with van der Waals surface area (Å²) >= 11 is 1.73. The van der Waals surface area contributed by atoms with E-state index in [-0.39, 0.29) is 5.75 Å². The zero-order valence-electron chi connectivity index (χ0n) is 10.7. The third-order valence-corrected chi connectivity index (χ3v) is 4.98. The molecule has 0 aliphatic heterocycles. The number of nitrogens with two attached hydrogens (primary N) is 1. The van der Waals surface area contributed by atoms with Gasteiger partial charge in [0.05, 0.1) is 5.75 Å². The van der Waals surface area contributed by atoms with Gasteiger partial charge < -0.3 is 5.73 Å². The second-order valence-electron chi connectivity index (χ2n) is 4.23. The van der Waals surface area contributed by atoms with Crippen molar-refractivity contribution in [2.75, 3.05) is 18.5 Å². The Balaban J connectivity index is 2.50. The fourth-order valence-corrected chi connectivity index (χ4v) is 2.99. The maximum Gasteiger partial charge on any atom is 0.215 e. The molecule has 3 N–H and O–H groups in total. The van der Waals surface area contributed by atoms with Crippen molar-refractivity contribution in [2.45, 2.75) is 24.3 Å². The third kappa shape index (κ3) is 5.75. The van der Waals surface area contributed by atoms with Gasteiger partial charge in [-0.3, -0.25) is 0 Å². The van der Waals surface area contributed by atoms with Crippen LogP contribution in [-0.2, 0) is 15.8 Å². The van der Waals surface area contributed by atoms with Gasteiger partial charge in [-0.1, -0.05) is 19.1 Å². The van der Waals surface area contributed by atoms with Gasteiger partial charge in [0.25, 0.3) is 0 Å². The Labute approximate surface area is 113 Å². The molecule has 0 saturated carbocycles. The minimum absolute atomic E-state index is 0.0221. The molecule has 0 fully saturated rings. The van der Waals surface area contributed by atoms with Gasteiger partial charge >= 0.3 is 0 Å². The number of nitrogens with one attached hydrogen (secondary N) is 1. The van der Waals surface area contributed by atoms with Crippen molar-refractivity contribution in [3.63, 3.8) is 0 Å². The molecule has 18 heavy (non-hydrogen) atoms. The second kappa shape index (κ2) is 7.01. The van der Waals surface area contributed by atoms with Crippen LogP contribution in [0.1, 0.15) is 18.9 Å². The zero-order valence-corrected chi connectivity index (χ0v) is 12.4. The van der Waals surface area contributed by atoms with Crippen molar-refractivity contribution in [3.8, 4) is 0 Å². The van der Waals surface area contributed by atoms with Crippen LogP contribution in [0.2, 0.25) is 0 Å². The first-order valence-electron chi connectivity index (χ1n) is 5.77. The molecule has 0 amide bonds. The normalized spacial score (nSPS) is 13.4. The van der Waals surface area contributed by atoms with Crippen molar-refractivity contribution < 1.29 is 8.42 Å². The first-order valence-corrected chi connectivity index (χ1v) is 8.71. The van der Waals surface area contributed by atoms with Crippen LogP contribution < -0.4 is 10.5 Å². The largest absolute Gasteiger partial charge is 0.399 e. The molecular formula is C12H20N2O2S2. The van der Waals surface area contributed by atoms with Crippen molar-refractivity contribution in [1.82, 2.24) is 4.72 Å². The first-order chi connectivity index (χ1) is 8.43. The highest BCUT2D eigenvalue weighted by Crippen LogP contribution is 2.11. The Hall–Kier alpha value is -0.720. The van der Waals surface area contributed by atoms with Gasteiger partial charge in [0, 0.05) is 17.5 Å². The second-order valence-corrected chi connectivity index (χ2v) is 7.32. The summed E-state index contributed by atoms with van der Waals surface area (Å²) in [7, 11) is -3.27. The molecule has 0 spiro atoms. The number of thioether (sulfide) groups is 1. The summed E-state index contributed by atoms with van der Waals surface area (Å²) in [6.45, 7) is 2.56. The highest BCUT2D eigenvalue weighted by molar-refractivity contribution is 7.99. The fourth-order valence-electron chi connectivity index (χ4n) is 1.49. The number of benzene rings is 1. The van der Waals surface area contributed by atoms with Crippen molar-refractivity contribution in [2.24, 2.45) is 0 Å². The van der Waals surface area contributed by atoms with Gasteiger partial charge in [0.1, 0.15) is 0 Å². The Morgan fingerprint density at radius 3 is 2.78 bits per heavy atom. The monoisotopic (exact) mass is 288 g/mol. The lowest BCUT2D eigenvalue weighted by Crippen LogP contribution is -2.27. The molecule has 1 rings (SSSR count). The van der Waals surface area contributed by atoms with E-state index in [0.717, 1.165) is 6.42 Å². The number of nitrogen functional groups attached to an aromatic ring is 1. The van der Waals surface area contributed by atoms with Crippen LogP contribution in [0.15, 0.2) is 24.3 Å². The Morgan fingerprint density at radius 2 is 2.17 bits per heavy atom. The standard InChI is InChI=1S/C12H20N2O2S2/c1-10(17-2)6-7-14-18(15,16)9-11-4-3-5-12(13)8-11/h3-5,8,10,14H,6-7,9,13H2,1-2H3. The van der Waals surface area contributed by atoms with E-state index in [1.165, 1.54) is 0 Å². The van der Waals surface area contributed by atoms with E-state index in [9.17, 15) is 8.42 Å². The van der Waals surface area contributed by atoms with E-state index in [4.69, 9.17) is 5.73 Å². The maximum atomic E-state index is 11.8. The summed E-state index contributed by atoms with van der Waals surface area (Å²) in [5.74, 6) is -0.0221. The molecule has 102 valence electrons. The highest BCUT2D eigenvalue weighted by Gasteiger charge is 2.11. The predicted molar refractivity (Wildman–Crippen MR) is 79.1 cm³/mol. The Morgan fingerprint density at radius 1 is 1.44 bits per heavy atom. The highest BCUT2D eigenvalue weighted by atomic mass is 32.2. The molecule has 1 atom stereocenters. The first kappa shape index (κ1) is 15.3. The number of anilines is 1. The third-order valence-electron chi connectivity index (χ3n) is 2.58. The van der Waals surface area contributed by atoms with Crippen LogP contribution in [0.5, 0.6) is 0 Å². The van der Waals surface area contributed by atoms with Crippen LogP contribution in [0.3, 0.4) is 0 Å². The molecule has 0 aliphatic rings. The molecule has 0 saturated heterocycles. The van der Waals surface area contributed by atoms with Crippen molar-refractivity contribution in [3.05, 3.63) is 29.8 Å². The van der Waals surface area contributed by atoms with Crippen LogP contribution in [0, 0.1) is 0 Å². The summed E-state index contributed by atoms with van der Waals surface area (Å²) in [5, 5.41) is 0.458. The molecule has 0 aliphatic carbocycles. The van der Waals surface area contributed by atoms with Gasteiger partial charge in [-0.15, -0.1) is 0 Å². The summed E-state index contributed by atoms with van der Waals surface area (Å²) in [4.78, 5) is 0. The minimum Gasteiger partial charge on any atom is -0.399 e. The molecule has 0 heterocycles. The predicted octanol–water partition coefficient (Wildman–Crippen LogP) is 1.83. The smallest absolute Gasteiger partial charge is 0.215 e. The minimum atomic E-state index is -3.27. The Kier molecular flexibility index (Phi) is 5.98. The van der Waals surface area contributed by atoms with E-state index < -0.39 is 10.0 Å². The van der Waals surface area contributed by atoms with Crippen LogP contribution in [0.25, 0.3) is 0 Å². The molecule has 0 aromatic heterocycles. The molecule has 0 radical (unpaired) electrons. The van der Waals surface area contributed by atoms with Crippen LogP contribution in [-0.4, -0.2) is 26.5 Å². The van der Waals surface area contributed by atoms with Gasteiger partial charge in [-0.05, 0) is 30.4 Å². The average Bonchev–Trinajstić information content (AvgIpc) is 2.27. The van der Waals surface area contributed by atoms with E-state index >= 15 is 0 Å². The van der Waals surface area contributed by atoms with E-state index in [0.29, 0.717) is 23.0 Å². The molecule has 1 aromatic rings. The number of rotatable bonds is 7. The zero-order chi connectivity index (χ0) is 13.6. The molecular weight excluding hydrogens is 268 g/mol. The van der Waals surface area contributed by atoms with E-state index in [1.54, 1.807) is 36.0 Å². The van der Waals surface area contributed by atoms with E-state index in [2.05, 4.69) is 11.6 Å². The summed E-state index contributed by atoms with van der Waals surface area (Å²) in [6, 6.07) is 6.95. The topological polar surface area (TPSA) is 72.2 Å². The number of sulfonamides is 1. The number of hydrogen-bond donors (Lipinski definition) is 2. The lowest BCUT2D eigenvalue weighted by atomic mass is 10.2. The van der Waals surface area contributed by atoms with Crippen molar-refractivity contribution >= 4 is 27.5 Å². The lowest BCUT2D eigenvalue weighted by molar-refractivity contribution is 0.578. The quantitative estimate of drug-likeness (QED) is 0.751. The summed E-state index contributed by atoms with van der Waals surface area (Å²) in [5.41, 5.74) is 6.91. The molecule has 0 bridgehead atoms. The summed E-state index contributed by atoms with van der Waals surface area (Å²) < 4.78 is 26.3. The summed E-state index contributed by atoms with van der Waals surface area (Å²) in [6.07, 6.45) is 2.85. The SMILES string of the molecule is CSC(C)CCNS(=O)(=O)Cc1cccc(N)c1. The Bertz CT molecular complexity index is 475. The molecule has 1 unspecified atom stereocenters. The molecule has 1 aromatic carbocycles. The van der Waals surface area contributed by atoms with Crippen molar-refractivity contribution in [1.29, 1.82) is 0 Å². The fraction of sp³-hybridized carbons (Fsp3) is 0.500. The molecule has 4 nitrogen and oxygen atoms in total. The number of hydrogen-bond acceptors (Lipinski definition) is 4. The van der Waals surface area contributed by atoms with Gasteiger partial charge in [-0.25, -0.2) is 13.1 Å². The van der Waals surface area contributed by atoms with Crippen LogP contribution >= 0.6 is 11.8 Å². The van der Waals surface area contributed by atoms with E-state index in [1.807, 2.05) is 6.26 Å². The van der Waals surface area contributed by atoms with Gasteiger partial charge in [0.2, 0.25) is 10.0 Å². The van der Waals surface area contributed by atoms with Crippen LogP contribution in [0.4, 0.5) is 5.69 Å².